The summed E-state index contributed by atoms with van der Waals surface area (Å²) in [6, 6.07) is 30.6. The van der Waals surface area contributed by atoms with Crippen molar-refractivity contribution in [3.63, 3.8) is 0 Å². The van der Waals surface area contributed by atoms with Gasteiger partial charge in [0.1, 0.15) is 0 Å². The van der Waals surface area contributed by atoms with E-state index in [0.717, 1.165) is 48.6 Å². The van der Waals surface area contributed by atoms with E-state index < -0.39 is 0 Å². The summed E-state index contributed by atoms with van der Waals surface area (Å²) in [5.74, 6) is 1.65. The lowest BCUT2D eigenvalue weighted by molar-refractivity contribution is 0.847. The third-order valence-corrected chi connectivity index (χ3v) is 8.70. The molecule has 2 aliphatic carbocycles. The highest BCUT2D eigenvalue weighted by atomic mass is 15.4. The minimum absolute atomic E-state index is 0.814. The molecule has 41 heavy (non-hydrogen) atoms. The Labute approximate surface area is 237 Å². The first-order valence-electron chi connectivity index (χ1n) is 14.4. The smallest absolute Gasteiger partial charge is 0.242 e. The molecule has 0 N–H and O–H groups in total. The maximum Gasteiger partial charge on any atom is 0.242 e. The molecule has 0 saturated carbocycles. The number of hydrogen-bond donors (Lipinski definition) is 0. The average molecular weight is 530 g/mol. The van der Waals surface area contributed by atoms with Crippen LogP contribution >= 0.6 is 0 Å². The van der Waals surface area contributed by atoms with Crippen LogP contribution in [0.15, 0.2) is 109 Å². The molecule has 0 bridgehead atoms. The second-order valence-corrected chi connectivity index (χ2v) is 11.0. The van der Waals surface area contributed by atoms with E-state index in [2.05, 4.69) is 129 Å². The summed E-state index contributed by atoms with van der Waals surface area (Å²) in [4.78, 5) is 0. The van der Waals surface area contributed by atoms with Crippen LogP contribution in [0.2, 0.25) is 0 Å². The molecule has 0 radical (unpaired) electrons. The minimum atomic E-state index is 0.814. The Morgan fingerprint density at radius 2 is 1.24 bits per heavy atom. The number of nitrogens with zero attached hydrogens (tertiary/aromatic N) is 5. The van der Waals surface area contributed by atoms with Crippen molar-refractivity contribution in [3.8, 4) is 11.9 Å². The first kappa shape index (κ1) is 22.6. The fraction of sp³-hybridized carbons (Fsp3) is 0.111. The first-order valence-corrected chi connectivity index (χ1v) is 14.4. The third-order valence-electron chi connectivity index (χ3n) is 8.70. The van der Waals surface area contributed by atoms with Crippen molar-refractivity contribution in [2.75, 3.05) is 0 Å². The molecule has 0 aliphatic heterocycles. The predicted molar refractivity (Wildman–Crippen MR) is 169 cm³/mol. The molecule has 0 unspecified atom stereocenters. The Hall–Kier alpha value is -5.16. The van der Waals surface area contributed by atoms with E-state index in [-0.39, 0.29) is 0 Å². The van der Waals surface area contributed by atoms with Gasteiger partial charge in [0.25, 0.3) is 0 Å². The van der Waals surface area contributed by atoms with Crippen LogP contribution in [-0.4, -0.2) is 23.9 Å². The van der Waals surface area contributed by atoms with Crippen LogP contribution in [0.4, 0.5) is 0 Å². The van der Waals surface area contributed by atoms with Gasteiger partial charge in [-0.15, -0.1) is 10.2 Å². The molecule has 5 nitrogen and oxygen atoms in total. The SMILES string of the molecule is C1=CCCC(n2c(-n3c4c(c5ccccc53)CCC=C4)nnc2-n2c3ccccc3c3cc4ccccc4cc32)=C1. The van der Waals surface area contributed by atoms with Gasteiger partial charge in [0.2, 0.25) is 11.9 Å². The van der Waals surface area contributed by atoms with Crippen molar-refractivity contribution in [2.45, 2.75) is 25.7 Å². The first-order chi connectivity index (χ1) is 20.4. The average Bonchev–Trinajstić information content (AvgIpc) is 3.70. The van der Waals surface area contributed by atoms with E-state index in [1.165, 1.54) is 49.4 Å². The standard InChI is InChI=1S/C36H27N5/c1-2-14-26(15-3-1)39-35(40-31-19-9-6-16-27(31)28-17-7-10-20-32(28)40)37-38-36(39)41-33-21-11-8-18-29(33)30-22-24-12-4-5-13-25(24)23-34(30)41/h1-2,4-6,8-14,16,18-23H,3,7,15,17H2. The molecule has 9 rings (SSSR count). The van der Waals surface area contributed by atoms with Gasteiger partial charge in [-0.05, 0) is 78.4 Å². The maximum atomic E-state index is 4.99. The highest BCUT2D eigenvalue weighted by molar-refractivity contribution is 6.13. The molecular formula is C36H27N5. The second-order valence-electron chi connectivity index (χ2n) is 11.0. The molecule has 0 atom stereocenters. The molecule has 0 fully saturated rings. The van der Waals surface area contributed by atoms with Gasteiger partial charge in [0.05, 0.1) is 22.2 Å². The van der Waals surface area contributed by atoms with Gasteiger partial charge >= 0.3 is 0 Å². The third kappa shape index (κ3) is 3.23. The van der Waals surface area contributed by atoms with Crippen molar-refractivity contribution in [3.05, 3.63) is 120 Å². The Bertz CT molecular complexity index is 2270. The lowest BCUT2D eigenvalue weighted by Gasteiger charge is -2.18. The van der Waals surface area contributed by atoms with Crippen molar-refractivity contribution in [1.82, 2.24) is 23.9 Å². The number of allylic oxidation sites excluding steroid dienone is 5. The summed E-state index contributed by atoms with van der Waals surface area (Å²) in [5, 5.41) is 16.2. The van der Waals surface area contributed by atoms with Crippen LogP contribution in [0.5, 0.6) is 0 Å². The summed E-state index contributed by atoms with van der Waals surface area (Å²) in [7, 11) is 0. The van der Waals surface area contributed by atoms with Crippen LogP contribution in [0, 0.1) is 0 Å². The quantitative estimate of drug-likeness (QED) is 0.230. The monoisotopic (exact) mass is 529 g/mol. The normalized spacial score (nSPS) is 14.9. The van der Waals surface area contributed by atoms with Gasteiger partial charge in [-0.3, -0.25) is 13.7 Å². The van der Waals surface area contributed by atoms with E-state index in [9.17, 15) is 0 Å². The number of fused-ring (bicyclic) bond motifs is 7. The Morgan fingerprint density at radius 3 is 2.05 bits per heavy atom. The zero-order valence-electron chi connectivity index (χ0n) is 22.5. The molecule has 196 valence electrons. The molecule has 3 heterocycles. The van der Waals surface area contributed by atoms with Crippen molar-refractivity contribution in [1.29, 1.82) is 0 Å². The van der Waals surface area contributed by atoms with Gasteiger partial charge < -0.3 is 0 Å². The van der Waals surface area contributed by atoms with Crippen LogP contribution < -0.4 is 0 Å². The summed E-state index contributed by atoms with van der Waals surface area (Å²) < 4.78 is 6.92. The van der Waals surface area contributed by atoms with Crippen molar-refractivity contribution in [2.24, 2.45) is 0 Å². The predicted octanol–water partition coefficient (Wildman–Crippen LogP) is 8.62. The van der Waals surface area contributed by atoms with Gasteiger partial charge in [-0.2, -0.15) is 0 Å². The molecule has 0 spiro atoms. The van der Waals surface area contributed by atoms with Gasteiger partial charge in [0, 0.05) is 21.9 Å². The summed E-state index contributed by atoms with van der Waals surface area (Å²) in [6.07, 6.45) is 15.2. The molecule has 3 aromatic heterocycles. The van der Waals surface area contributed by atoms with E-state index in [1.807, 2.05) is 0 Å². The summed E-state index contributed by atoms with van der Waals surface area (Å²) >= 11 is 0. The van der Waals surface area contributed by atoms with Crippen LogP contribution in [0.1, 0.15) is 30.5 Å². The van der Waals surface area contributed by atoms with E-state index in [0.29, 0.717) is 0 Å². The lowest BCUT2D eigenvalue weighted by atomic mass is 10.0. The number of aromatic nitrogens is 5. The van der Waals surface area contributed by atoms with Gasteiger partial charge in [0.15, 0.2) is 0 Å². The maximum absolute atomic E-state index is 4.99. The van der Waals surface area contributed by atoms with E-state index in [1.54, 1.807) is 0 Å². The zero-order valence-corrected chi connectivity index (χ0v) is 22.5. The lowest BCUT2D eigenvalue weighted by Crippen LogP contribution is -2.13. The molecule has 0 saturated heterocycles. The van der Waals surface area contributed by atoms with Gasteiger partial charge in [-0.25, -0.2) is 0 Å². The molecule has 2 aliphatic rings. The van der Waals surface area contributed by atoms with E-state index in [4.69, 9.17) is 10.2 Å². The second kappa shape index (κ2) is 8.67. The summed E-state index contributed by atoms with van der Waals surface area (Å²) in [6.45, 7) is 0. The largest absolute Gasteiger partial charge is 0.278 e. The number of aryl methyl sites for hydroxylation is 1. The number of benzene rings is 4. The van der Waals surface area contributed by atoms with Crippen LogP contribution in [0.25, 0.3) is 67.2 Å². The number of para-hydroxylation sites is 2. The number of hydrogen-bond acceptors (Lipinski definition) is 2. The van der Waals surface area contributed by atoms with Gasteiger partial charge in [-0.1, -0.05) is 78.9 Å². The summed E-state index contributed by atoms with van der Waals surface area (Å²) in [5.41, 5.74) is 7.23. The number of rotatable bonds is 3. The Kier molecular flexibility index (Phi) is 4.79. The molecule has 0 amide bonds. The Balaban J connectivity index is 1.41. The van der Waals surface area contributed by atoms with Crippen LogP contribution in [-0.2, 0) is 6.42 Å². The fourth-order valence-electron chi connectivity index (χ4n) is 6.86. The van der Waals surface area contributed by atoms with Crippen molar-refractivity contribution < 1.29 is 0 Å². The molecular weight excluding hydrogens is 502 g/mol. The molecule has 4 aromatic carbocycles. The minimum Gasteiger partial charge on any atom is -0.278 e. The zero-order chi connectivity index (χ0) is 26.9. The van der Waals surface area contributed by atoms with Crippen molar-refractivity contribution >= 4 is 55.3 Å². The fourth-order valence-corrected chi connectivity index (χ4v) is 6.86. The highest BCUT2D eigenvalue weighted by Crippen LogP contribution is 2.38. The highest BCUT2D eigenvalue weighted by Gasteiger charge is 2.27. The van der Waals surface area contributed by atoms with E-state index >= 15 is 0 Å². The Morgan fingerprint density at radius 1 is 0.561 bits per heavy atom. The molecule has 5 heteroatoms. The molecule has 7 aromatic rings. The van der Waals surface area contributed by atoms with Crippen LogP contribution in [0.3, 0.4) is 0 Å². The topological polar surface area (TPSA) is 40.6 Å².